The molecule has 0 saturated heterocycles. The molecule has 276 valence electrons. The minimum atomic E-state index is -1.63. The number of unbranched alkanes of at least 4 members (excludes halogenated alkanes) is 4. The Morgan fingerprint density at radius 2 is 0.940 bits per heavy atom. The molecule has 4 aliphatic carbocycles. The van der Waals surface area contributed by atoms with Crippen LogP contribution >= 0.6 is 0 Å². The Bertz CT molecular complexity index is 1380. The molecule has 0 spiro atoms. The minimum absolute atomic E-state index is 0. The van der Waals surface area contributed by atoms with Crippen molar-refractivity contribution in [1.29, 1.82) is 0 Å². The Morgan fingerprint density at radius 3 is 1.20 bits per heavy atom. The quantitative estimate of drug-likeness (QED) is 0.124. The Balaban J connectivity index is 0.000000481. The van der Waals surface area contributed by atoms with Crippen molar-refractivity contribution in [3.63, 3.8) is 0 Å². The average molecular weight is 909 g/mol. The van der Waals surface area contributed by atoms with Crippen LogP contribution in [0.3, 0.4) is 0 Å². The van der Waals surface area contributed by atoms with Crippen molar-refractivity contribution in [3.8, 4) is 0 Å². The molecule has 50 heavy (non-hydrogen) atoms. The first-order chi connectivity index (χ1) is 22.8. The summed E-state index contributed by atoms with van der Waals surface area (Å²) >= 11 is -3.26. The van der Waals surface area contributed by atoms with E-state index in [1.165, 1.54) is 62.5 Å². The van der Waals surface area contributed by atoms with Crippen LogP contribution in [-0.4, -0.2) is 11.8 Å². The maximum absolute atomic E-state index is 2.61. The van der Waals surface area contributed by atoms with E-state index in [0.717, 1.165) is 11.8 Å². The summed E-state index contributed by atoms with van der Waals surface area (Å²) in [6, 6.07) is 0. The third kappa shape index (κ3) is 12.1. The van der Waals surface area contributed by atoms with Gasteiger partial charge in [-0.3, -0.25) is 0 Å². The summed E-state index contributed by atoms with van der Waals surface area (Å²) in [4.78, 5) is 0. The average Bonchev–Trinajstić information content (AvgIpc) is 3.80. The molecule has 4 rings (SSSR count). The van der Waals surface area contributed by atoms with Crippen LogP contribution in [0.2, 0.25) is 26.2 Å². The Labute approximate surface area is 340 Å². The van der Waals surface area contributed by atoms with E-state index < -0.39 is 53.7 Å². The van der Waals surface area contributed by atoms with E-state index >= 15 is 0 Å². The fourth-order valence-corrected chi connectivity index (χ4v) is 50.0. The fourth-order valence-electron chi connectivity index (χ4n) is 8.09. The number of hydrogen-bond donors (Lipinski definition) is 0. The molecule has 0 heterocycles. The van der Waals surface area contributed by atoms with Crippen LogP contribution in [0.15, 0.2) is 106 Å². The van der Waals surface area contributed by atoms with Crippen LogP contribution in [0.5, 0.6) is 0 Å². The number of halogens is 2. The molecule has 0 aromatic rings. The van der Waals surface area contributed by atoms with Crippen molar-refractivity contribution in [2.24, 2.45) is 11.8 Å². The van der Waals surface area contributed by atoms with Crippen molar-refractivity contribution in [2.45, 2.75) is 147 Å². The van der Waals surface area contributed by atoms with Gasteiger partial charge in [-0.1, -0.05) is 0 Å². The van der Waals surface area contributed by atoms with Crippen molar-refractivity contribution in [2.75, 3.05) is 0 Å². The van der Waals surface area contributed by atoms with E-state index in [-0.39, 0.29) is 24.8 Å². The van der Waals surface area contributed by atoms with Crippen LogP contribution in [0, 0.1) is 11.8 Å². The fraction of sp³-hybridized carbons (Fsp3) is 0.545. The van der Waals surface area contributed by atoms with Gasteiger partial charge in [0.25, 0.3) is 0 Å². The molecule has 0 nitrogen and oxygen atoms in total. The van der Waals surface area contributed by atoms with Crippen molar-refractivity contribution in [3.05, 3.63) is 106 Å². The maximum atomic E-state index is 2.61. The molecule has 2 atom stereocenters. The molecule has 2 unspecified atom stereocenters. The van der Waals surface area contributed by atoms with Crippen molar-refractivity contribution in [1.82, 2.24) is 0 Å². The normalized spacial score (nSPS) is 20.6. The molecule has 0 fully saturated rings. The monoisotopic (exact) mass is 904 g/mol. The number of allylic oxidation sites excluding steroid dienone is 20. The Morgan fingerprint density at radius 1 is 0.600 bits per heavy atom. The molecule has 0 amide bonds. The molecule has 6 heteroatoms. The van der Waals surface area contributed by atoms with E-state index in [0.29, 0.717) is 0 Å². The molecule has 0 aliphatic heterocycles. The van der Waals surface area contributed by atoms with Gasteiger partial charge in [0.15, 0.2) is 0 Å². The zero-order valence-corrected chi connectivity index (χ0v) is 43.1. The summed E-state index contributed by atoms with van der Waals surface area (Å²) in [6.45, 7) is 34.2. The van der Waals surface area contributed by atoms with E-state index in [1.807, 2.05) is 13.1 Å². The second-order valence-corrected chi connectivity index (χ2v) is 53.9. The molecule has 0 N–H and O–H groups in total. The van der Waals surface area contributed by atoms with Gasteiger partial charge in [0.2, 0.25) is 0 Å². The first-order valence-corrected chi connectivity index (χ1v) is 38.6. The van der Waals surface area contributed by atoms with E-state index in [9.17, 15) is 0 Å². The summed E-state index contributed by atoms with van der Waals surface area (Å²) in [5, 5.41) is 0. The van der Waals surface area contributed by atoms with E-state index in [2.05, 4.69) is 144 Å². The van der Waals surface area contributed by atoms with Crippen LogP contribution in [0.4, 0.5) is 0 Å². The zero-order valence-electron chi connectivity index (χ0n) is 34.3. The second kappa shape index (κ2) is 23.2. The van der Waals surface area contributed by atoms with Gasteiger partial charge in [-0.05, 0) is 0 Å². The first kappa shape index (κ1) is 48.2. The second-order valence-electron chi connectivity index (χ2n) is 15.5. The van der Waals surface area contributed by atoms with Crippen molar-refractivity contribution < 1.29 is 66.6 Å². The number of rotatable bonds is 14. The van der Waals surface area contributed by atoms with Crippen molar-refractivity contribution >= 4 is 11.8 Å². The number of hydrogen-bond acceptors (Lipinski definition) is 0. The molecule has 0 aromatic heterocycles. The van der Waals surface area contributed by atoms with Gasteiger partial charge in [0.05, 0.1) is 0 Å². The third-order valence-electron chi connectivity index (χ3n) is 11.6. The zero-order chi connectivity index (χ0) is 35.7. The molecule has 0 bridgehead atoms. The van der Waals surface area contributed by atoms with Gasteiger partial charge in [-0.15, -0.1) is 0 Å². The van der Waals surface area contributed by atoms with Gasteiger partial charge in [0, 0.05) is 0 Å². The van der Waals surface area contributed by atoms with E-state index in [1.54, 1.807) is 33.4 Å². The molecule has 0 aromatic carbocycles. The topological polar surface area (TPSA) is 0 Å². The van der Waals surface area contributed by atoms with Gasteiger partial charge in [0.1, 0.15) is 0 Å². The van der Waals surface area contributed by atoms with Crippen LogP contribution < -0.4 is 24.8 Å². The van der Waals surface area contributed by atoms with Crippen LogP contribution in [-0.2, 0) is 41.8 Å². The maximum Gasteiger partial charge on any atom is -1.00 e. The predicted octanol–water partition coefficient (Wildman–Crippen LogP) is 7.63. The largest absolute Gasteiger partial charge is 1.00 e. The Hall–Kier alpha value is 0.180. The summed E-state index contributed by atoms with van der Waals surface area (Å²) in [6.07, 6.45) is 29.8. The predicted molar refractivity (Wildman–Crippen MR) is 217 cm³/mol. The Kier molecular flexibility index (Phi) is 22.3. The molecular weight excluding hydrogens is 838 g/mol. The smallest absolute Gasteiger partial charge is 1.00 e. The minimum Gasteiger partial charge on any atom is -1.00 e. The standard InChI is InChI=1S/2C11H15.2C9H13.2C2H7Si.2ClH.2Zr/c2*1-2-3-4-5-8-11-9-6-7-10-11;2*1-6-5-7(2)9(4)8(6)3;2*1-3-2;;;;/h2*5,8-10H,2-4,6H2,1H3;2*6H,1-4H3;2*3H,1-2H3;2*1H;;/q;;;;;;;;2*+1/p-2/b2*8-5+;;;;;;;;. The van der Waals surface area contributed by atoms with Gasteiger partial charge < -0.3 is 24.8 Å². The summed E-state index contributed by atoms with van der Waals surface area (Å²) < 4.78 is 7.62. The molecule has 0 radical (unpaired) electrons. The SMILES string of the molecule is CCCC/C=C/C1=CC[C]([Zr+]([C]2=C(C)C(C)=C(C)C2C)[SiH](C)C)=C1.CCCC/C=C/C1=CC[C]([Zr+]([C]2=C(C)C(C)=C(C)C2C)[SiH](C)C)=C1.[Cl-].[Cl-]. The molecular formula is C44H70Cl2Si2Zr2. The van der Waals surface area contributed by atoms with Gasteiger partial charge >= 0.3 is 319 Å². The third-order valence-corrected chi connectivity index (χ3v) is 50.9. The van der Waals surface area contributed by atoms with Gasteiger partial charge in [-0.2, -0.15) is 0 Å². The summed E-state index contributed by atoms with van der Waals surface area (Å²) in [5.74, 6) is 0.238. The molecule has 0 saturated carbocycles. The van der Waals surface area contributed by atoms with E-state index in [4.69, 9.17) is 0 Å². The van der Waals surface area contributed by atoms with Gasteiger partial charge in [-0.25, -0.2) is 0 Å². The summed E-state index contributed by atoms with van der Waals surface area (Å²) in [7, 11) is 0. The van der Waals surface area contributed by atoms with Crippen LogP contribution in [0.1, 0.15) is 121 Å². The van der Waals surface area contributed by atoms with Crippen LogP contribution in [0.25, 0.3) is 0 Å². The first-order valence-electron chi connectivity index (χ1n) is 19.4. The summed E-state index contributed by atoms with van der Waals surface area (Å²) in [5.41, 5.74) is 12.8. The molecule has 4 aliphatic rings.